The highest BCUT2D eigenvalue weighted by molar-refractivity contribution is 9.10. The van der Waals surface area contributed by atoms with Gasteiger partial charge in [0.25, 0.3) is 0 Å². The molecule has 0 aliphatic carbocycles. The van der Waals surface area contributed by atoms with E-state index in [1.807, 2.05) is 0 Å². The maximum atomic E-state index is 13.0. The van der Waals surface area contributed by atoms with E-state index >= 15 is 0 Å². The summed E-state index contributed by atoms with van der Waals surface area (Å²) >= 11 is 3.23. The van der Waals surface area contributed by atoms with Gasteiger partial charge in [-0.25, -0.2) is 10.2 Å². The molecule has 100 valence electrons. The molecule has 0 saturated carbocycles. The smallest absolute Gasteiger partial charge is 0.322 e. The molecule has 0 amide bonds. The minimum atomic E-state index is -0.352. The van der Waals surface area contributed by atoms with E-state index in [4.69, 9.17) is 10.6 Å². The molecule has 2 aromatic rings. The minimum absolute atomic E-state index is 0.101. The summed E-state index contributed by atoms with van der Waals surface area (Å²) in [7, 11) is 1.42. The number of aromatic nitrogens is 3. The van der Waals surface area contributed by atoms with Crippen LogP contribution in [-0.2, 0) is 0 Å². The van der Waals surface area contributed by atoms with Crippen LogP contribution in [0.25, 0.3) is 0 Å². The Hall–Kier alpha value is -2.00. The number of ether oxygens (including phenoxy) is 1. The zero-order chi connectivity index (χ0) is 13.8. The second kappa shape index (κ2) is 5.76. The molecule has 0 fully saturated rings. The average Bonchev–Trinajstić information content (AvgIpc) is 2.41. The molecule has 0 aliphatic heterocycles. The van der Waals surface area contributed by atoms with Crippen LogP contribution in [0.2, 0.25) is 0 Å². The number of anilines is 3. The molecule has 0 bridgehead atoms. The van der Waals surface area contributed by atoms with Crippen molar-refractivity contribution in [2.75, 3.05) is 17.9 Å². The third-order valence-electron chi connectivity index (χ3n) is 2.10. The van der Waals surface area contributed by atoms with Crippen molar-refractivity contribution in [3.05, 3.63) is 28.5 Å². The maximum Gasteiger partial charge on any atom is 0.322 e. The van der Waals surface area contributed by atoms with Crippen LogP contribution in [0.15, 0.2) is 22.7 Å². The molecule has 1 heterocycles. The molecule has 0 atom stereocenters. The summed E-state index contributed by atoms with van der Waals surface area (Å²) in [5.41, 5.74) is 2.89. The molecule has 9 heteroatoms. The van der Waals surface area contributed by atoms with E-state index in [9.17, 15) is 4.39 Å². The molecular formula is C10H10BrFN6O. The second-order valence-corrected chi connectivity index (χ2v) is 4.22. The Balaban J connectivity index is 2.31. The lowest BCUT2D eigenvalue weighted by atomic mass is 10.3. The minimum Gasteiger partial charge on any atom is -0.467 e. The van der Waals surface area contributed by atoms with E-state index in [2.05, 4.69) is 41.6 Å². The SMILES string of the molecule is COc1nc(NN)nc(Nc2ccc(F)cc2Br)n1. The first-order valence-electron chi connectivity index (χ1n) is 5.11. The van der Waals surface area contributed by atoms with Crippen molar-refractivity contribution >= 4 is 33.5 Å². The number of hydrogen-bond donors (Lipinski definition) is 3. The highest BCUT2D eigenvalue weighted by atomic mass is 79.9. The van der Waals surface area contributed by atoms with Gasteiger partial charge in [-0.1, -0.05) is 0 Å². The summed E-state index contributed by atoms with van der Waals surface area (Å²) in [5, 5.41) is 2.90. The fraction of sp³-hybridized carbons (Fsp3) is 0.100. The van der Waals surface area contributed by atoms with Crippen molar-refractivity contribution in [1.82, 2.24) is 15.0 Å². The standard InChI is InChI=1S/C10H10BrFN6O/c1-19-10-16-8(15-9(17-10)18-13)14-7-3-2-5(12)4-6(7)11/h2-4H,13H2,1H3,(H2,14,15,16,17,18). The van der Waals surface area contributed by atoms with Crippen LogP contribution in [0.4, 0.5) is 22.0 Å². The van der Waals surface area contributed by atoms with Gasteiger partial charge in [0, 0.05) is 4.47 Å². The summed E-state index contributed by atoms with van der Waals surface area (Å²) in [4.78, 5) is 11.8. The summed E-state index contributed by atoms with van der Waals surface area (Å²) in [6.07, 6.45) is 0. The van der Waals surface area contributed by atoms with Gasteiger partial charge in [0.05, 0.1) is 12.8 Å². The van der Waals surface area contributed by atoms with Gasteiger partial charge in [0.15, 0.2) is 0 Å². The Morgan fingerprint density at radius 3 is 2.63 bits per heavy atom. The first-order chi connectivity index (χ1) is 9.12. The van der Waals surface area contributed by atoms with Crippen molar-refractivity contribution in [2.24, 2.45) is 5.84 Å². The molecule has 0 unspecified atom stereocenters. The van der Waals surface area contributed by atoms with Gasteiger partial charge in [0.1, 0.15) is 5.82 Å². The third-order valence-corrected chi connectivity index (χ3v) is 2.76. The number of nitrogens with two attached hydrogens (primary N) is 1. The second-order valence-electron chi connectivity index (χ2n) is 3.36. The van der Waals surface area contributed by atoms with Gasteiger partial charge in [-0.05, 0) is 34.1 Å². The van der Waals surface area contributed by atoms with Crippen LogP contribution >= 0.6 is 15.9 Å². The number of benzene rings is 1. The Labute approximate surface area is 116 Å². The van der Waals surface area contributed by atoms with Gasteiger partial charge < -0.3 is 10.1 Å². The predicted molar refractivity (Wildman–Crippen MR) is 71.6 cm³/mol. The third kappa shape index (κ3) is 3.26. The Bertz CT molecular complexity index is 574. The number of hydrogen-bond acceptors (Lipinski definition) is 7. The number of rotatable bonds is 4. The lowest BCUT2D eigenvalue weighted by Crippen LogP contribution is -2.13. The molecule has 2 rings (SSSR count). The largest absolute Gasteiger partial charge is 0.467 e. The molecule has 0 radical (unpaired) electrons. The monoisotopic (exact) mass is 328 g/mol. The highest BCUT2D eigenvalue weighted by Gasteiger charge is 2.08. The fourth-order valence-electron chi connectivity index (χ4n) is 1.28. The molecule has 19 heavy (non-hydrogen) atoms. The molecule has 0 aliphatic rings. The number of hydrazine groups is 1. The van der Waals surface area contributed by atoms with Crippen LogP contribution in [0.3, 0.4) is 0 Å². The highest BCUT2D eigenvalue weighted by Crippen LogP contribution is 2.25. The zero-order valence-corrected chi connectivity index (χ0v) is 11.4. The molecule has 0 spiro atoms. The Morgan fingerprint density at radius 1 is 1.26 bits per heavy atom. The number of nitrogens with one attached hydrogen (secondary N) is 2. The van der Waals surface area contributed by atoms with Gasteiger partial charge in [0.2, 0.25) is 11.9 Å². The Kier molecular flexibility index (Phi) is 4.07. The first kappa shape index (κ1) is 13.4. The molecular weight excluding hydrogens is 319 g/mol. The van der Waals surface area contributed by atoms with Crippen LogP contribution < -0.4 is 21.3 Å². The van der Waals surface area contributed by atoms with Gasteiger partial charge in [-0.3, -0.25) is 5.43 Å². The van der Waals surface area contributed by atoms with Crippen molar-refractivity contribution in [3.63, 3.8) is 0 Å². The summed E-state index contributed by atoms with van der Waals surface area (Å²) in [6.45, 7) is 0. The van der Waals surface area contributed by atoms with Crippen molar-refractivity contribution in [1.29, 1.82) is 0 Å². The van der Waals surface area contributed by atoms with E-state index in [0.29, 0.717) is 10.2 Å². The molecule has 4 N–H and O–H groups in total. The molecule has 1 aromatic heterocycles. The molecule has 7 nitrogen and oxygen atoms in total. The first-order valence-corrected chi connectivity index (χ1v) is 5.90. The predicted octanol–water partition coefficient (Wildman–Crippen LogP) is 1.81. The summed E-state index contributed by atoms with van der Waals surface area (Å²) in [6, 6.07) is 4.28. The number of halogens is 2. The molecule has 1 aromatic carbocycles. The zero-order valence-electron chi connectivity index (χ0n) is 9.82. The maximum absolute atomic E-state index is 13.0. The molecule has 0 saturated heterocycles. The van der Waals surface area contributed by atoms with Crippen LogP contribution in [0, 0.1) is 5.82 Å². The van der Waals surface area contributed by atoms with E-state index in [1.165, 1.54) is 19.2 Å². The van der Waals surface area contributed by atoms with Crippen LogP contribution in [0.1, 0.15) is 0 Å². The number of methoxy groups -OCH3 is 1. The fourth-order valence-corrected chi connectivity index (χ4v) is 1.73. The summed E-state index contributed by atoms with van der Waals surface area (Å²) in [5.74, 6) is 5.25. The van der Waals surface area contributed by atoms with E-state index < -0.39 is 0 Å². The van der Waals surface area contributed by atoms with Gasteiger partial charge >= 0.3 is 6.01 Å². The van der Waals surface area contributed by atoms with E-state index in [-0.39, 0.29) is 23.7 Å². The Morgan fingerprint density at radius 2 is 2.00 bits per heavy atom. The average molecular weight is 329 g/mol. The van der Waals surface area contributed by atoms with E-state index in [1.54, 1.807) is 6.07 Å². The summed E-state index contributed by atoms with van der Waals surface area (Å²) < 4.78 is 18.4. The lowest BCUT2D eigenvalue weighted by molar-refractivity contribution is 0.379. The topological polar surface area (TPSA) is 98.0 Å². The number of nitrogen functional groups attached to an aromatic ring is 1. The van der Waals surface area contributed by atoms with Gasteiger partial charge in [-0.2, -0.15) is 15.0 Å². The van der Waals surface area contributed by atoms with Crippen LogP contribution in [0.5, 0.6) is 6.01 Å². The van der Waals surface area contributed by atoms with E-state index in [0.717, 1.165) is 0 Å². The normalized spacial score (nSPS) is 10.1. The van der Waals surface area contributed by atoms with Crippen molar-refractivity contribution < 1.29 is 9.13 Å². The number of nitrogens with zero attached hydrogens (tertiary/aromatic N) is 3. The van der Waals surface area contributed by atoms with Crippen LogP contribution in [-0.4, -0.2) is 22.1 Å². The van der Waals surface area contributed by atoms with Crippen molar-refractivity contribution in [2.45, 2.75) is 0 Å². The lowest BCUT2D eigenvalue weighted by Gasteiger charge is -2.09. The quantitative estimate of drug-likeness (QED) is 0.581. The van der Waals surface area contributed by atoms with Crippen molar-refractivity contribution in [3.8, 4) is 6.01 Å². The van der Waals surface area contributed by atoms with Gasteiger partial charge in [-0.15, -0.1) is 0 Å².